The average molecular weight is 260 g/mol. The third kappa shape index (κ3) is 4.81. The Morgan fingerprint density at radius 2 is 1.79 bits per heavy atom. The lowest BCUT2D eigenvalue weighted by atomic mass is 9.80. The van der Waals surface area contributed by atoms with Crippen LogP contribution in [0, 0.1) is 17.7 Å². The minimum atomic E-state index is -0.151. The van der Waals surface area contributed by atoms with Crippen LogP contribution in [0.5, 0.6) is 0 Å². The van der Waals surface area contributed by atoms with Crippen molar-refractivity contribution in [3.05, 3.63) is 47.8 Å². The Labute approximate surface area is 116 Å². The molecule has 0 bridgehead atoms. The maximum atomic E-state index is 12.8. The second-order valence-corrected chi connectivity index (χ2v) is 5.83. The minimum Gasteiger partial charge on any atom is -0.207 e. The van der Waals surface area contributed by atoms with Gasteiger partial charge < -0.3 is 0 Å². The summed E-state index contributed by atoms with van der Waals surface area (Å²) in [6.07, 6.45) is 13.8. The highest BCUT2D eigenvalue weighted by Gasteiger charge is 2.18. The zero-order valence-electron chi connectivity index (χ0n) is 11.9. The van der Waals surface area contributed by atoms with E-state index < -0.39 is 0 Å². The van der Waals surface area contributed by atoms with Gasteiger partial charge in [0.1, 0.15) is 5.82 Å². The Morgan fingerprint density at radius 1 is 1.11 bits per heavy atom. The van der Waals surface area contributed by atoms with Gasteiger partial charge in [0, 0.05) is 0 Å². The Bertz CT molecular complexity index is 383. The van der Waals surface area contributed by atoms with E-state index in [1.807, 2.05) is 12.1 Å². The molecule has 0 amide bonds. The van der Waals surface area contributed by atoms with Crippen molar-refractivity contribution in [1.82, 2.24) is 0 Å². The highest BCUT2D eigenvalue weighted by atomic mass is 19.1. The number of hydrogen-bond donors (Lipinski definition) is 0. The molecule has 1 fully saturated rings. The molecule has 1 heteroatoms. The molecule has 2 rings (SSSR count). The Balaban J connectivity index is 1.73. The fraction of sp³-hybridized carbons (Fsp3) is 0.556. The van der Waals surface area contributed by atoms with E-state index in [0.29, 0.717) is 0 Å². The number of allylic oxidation sites excluding steroid dienone is 2. The first kappa shape index (κ1) is 14.3. The van der Waals surface area contributed by atoms with E-state index in [1.54, 1.807) is 12.1 Å². The predicted octanol–water partition coefficient (Wildman–Crippen LogP) is 5.53. The summed E-state index contributed by atoms with van der Waals surface area (Å²) in [4.78, 5) is 0. The smallest absolute Gasteiger partial charge is 0.123 e. The lowest BCUT2D eigenvalue weighted by Gasteiger charge is -2.26. The molecule has 0 saturated heterocycles. The molecular weight excluding hydrogens is 235 g/mol. The number of halogens is 1. The van der Waals surface area contributed by atoms with Gasteiger partial charge in [-0.2, -0.15) is 0 Å². The van der Waals surface area contributed by atoms with Crippen LogP contribution in [-0.4, -0.2) is 0 Å². The maximum absolute atomic E-state index is 12.8. The molecule has 1 aliphatic carbocycles. The van der Waals surface area contributed by atoms with Gasteiger partial charge in [-0.25, -0.2) is 4.39 Å². The number of rotatable bonds is 5. The fourth-order valence-electron chi connectivity index (χ4n) is 3.09. The summed E-state index contributed by atoms with van der Waals surface area (Å²) >= 11 is 0. The fourth-order valence-corrected chi connectivity index (χ4v) is 3.09. The van der Waals surface area contributed by atoms with Gasteiger partial charge in [-0.3, -0.25) is 0 Å². The van der Waals surface area contributed by atoms with Crippen LogP contribution in [0.1, 0.15) is 51.0 Å². The zero-order valence-corrected chi connectivity index (χ0v) is 11.9. The van der Waals surface area contributed by atoms with Crippen LogP contribution in [-0.2, 0) is 6.42 Å². The molecule has 0 atom stereocenters. The molecule has 1 aromatic carbocycles. The van der Waals surface area contributed by atoms with Crippen LogP contribution in [0.25, 0.3) is 0 Å². The topological polar surface area (TPSA) is 0 Å². The van der Waals surface area contributed by atoms with Gasteiger partial charge in [0.15, 0.2) is 0 Å². The quantitative estimate of drug-likeness (QED) is 0.610. The highest BCUT2D eigenvalue weighted by molar-refractivity contribution is 5.18. The van der Waals surface area contributed by atoms with Crippen molar-refractivity contribution in [2.75, 3.05) is 0 Å². The van der Waals surface area contributed by atoms with E-state index in [0.717, 1.165) is 18.3 Å². The second kappa shape index (κ2) is 7.47. The first-order chi connectivity index (χ1) is 9.28. The summed E-state index contributed by atoms with van der Waals surface area (Å²) in [5.41, 5.74) is 1.19. The molecule has 0 heterocycles. The molecule has 0 N–H and O–H groups in total. The molecule has 0 aliphatic heterocycles. The van der Waals surface area contributed by atoms with Crippen LogP contribution in [0.3, 0.4) is 0 Å². The number of benzene rings is 1. The lowest BCUT2D eigenvalue weighted by molar-refractivity contribution is 0.294. The molecule has 0 nitrogen and oxygen atoms in total. The van der Waals surface area contributed by atoms with Crippen LogP contribution in [0.4, 0.5) is 4.39 Å². The van der Waals surface area contributed by atoms with Crippen molar-refractivity contribution in [1.29, 1.82) is 0 Å². The van der Waals surface area contributed by atoms with Crippen molar-refractivity contribution in [3.63, 3.8) is 0 Å². The average Bonchev–Trinajstić information content (AvgIpc) is 2.43. The minimum absolute atomic E-state index is 0.151. The van der Waals surface area contributed by atoms with E-state index in [-0.39, 0.29) is 5.82 Å². The molecule has 19 heavy (non-hydrogen) atoms. The van der Waals surface area contributed by atoms with E-state index >= 15 is 0 Å². The summed E-state index contributed by atoms with van der Waals surface area (Å²) < 4.78 is 12.8. The van der Waals surface area contributed by atoms with E-state index in [4.69, 9.17) is 0 Å². The Kier molecular flexibility index (Phi) is 5.62. The normalized spacial score (nSPS) is 23.9. The third-order valence-corrected chi connectivity index (χ3v) is 4.26. The third-order valence-electron chi connectivity index (χ3n) is 4.26. The van der Waals surface area contributed by atoms with Crippen molar-refractivity contribution in [2.45, 2.75) is 51.9 Å². The lowest BCUT2D eigenvalue weighted by Crippen LogP contribution is -2.12. The van der Waals surface area contributed by atoms with E-state index in [2.05, 4.69) is 19.1 Å². The first-order valence-electron chi connectivity index (χ1n) is 7.69. The van der Waals surface area contributed by atoms with Crippen LogP contribution in [0.15, 0.2) is 36.4 Å². The van der Waals surface area contributed by atoms with Gasteiger partial charge in [-0.05, 0) is 61.6 Å². The molecule has 0 radical (unpaired) electrons. The summed E-state index contributed by atoms with van der Waals surface area (Å²) in [5, 5.41) is 0. The summed E-state index contributed by atoms with van der Waals surface area (Å²) in [6.45, 7) is 2.29. The van der Waals surface area contributed by atoms with Gasteiger partial charge in [0.2, 0.25) is 0 Å². The Hall–Kier alpha value is -1.11. The monoisotopic (exact) mass is 260 g/mol. The van der Waals surface area contributed by atoms with Crippen LogP contribution in [0.2, 0.25) is 0 Å². The predicted molar refractivity (Wildman–Crippen MR) is 79.6 cm³/mol. The molecule has 0 aromatic heterocycles. The van der Waals surface area contributed by atoms with Crippen molar-refractivity contribution in [2.24, 2.45) is 11.8 Å². The van der Waals surface area contributed by atoms with Crippen LogP contribution >= 0.6 is 0 Å². The Morgan fingerprint density at radius 3 is 2.42 bits per heavy atom. The van der Waals surface area contributed by atoms with Gasteiger partial charge in [0.05, 0.1) is 0 Å². The molecule has 104 valence electrons. The molecule has 0 unspecified atom stereocenters. The van der Waals surface area contributed by atoms with Gasteiger partial charge in [-0.1, -0.05) is 44.1 Å². The standard InChI is InChI=1S/C18H25F/c1-2-4-15-7-9-16(10-8-15)5-3-6-17-11-13-18(19)14-12-17/h3,5,11-16H,2,4,6-10H2,1H3/b5-3+. The molecular formula is C18H25F. The van der Waals surface area contributed by atoms with Crippen LogP contribution < -0.4 is 0 Å². The van der Waals surface area contributed by atoms with Crippen molar-refractivity contribution >= 4 is 0 Å². The molecule has 1 saturated carbocycles. The first-order valence-corrected chi connectivity index (χ1v) is 7.69. The summed E-state index contributed by atoms with van der Waals surface area (Å²) in [5.74, 6) is 1.60. The van der Waals surface area contributed by atoms with E-state index in [1.165, 1.54) is 44.1 Å². The zero-order chi connectivity index (χ0) is 13.5. The second-order valence-electron chi connectivity index (χ2n) is 5.83. The van der Waals surface area contributed by atoms with Crippen molar-refractivity contribution in [3.8, 4) is 0 Å². The molecule has 1 aliphatic rings. The maximum Gasteiger partial charge on any atom is 0.123 e. The summed E-state index contributed by atoms with van der Waals surface area (Å²) in [6, 6.07) is 6.83. The highest BCUT2D eigenvalue weighted by Crippen LogP contribution is 2.32. The molecule has 1 aromatic rings. The van der Waals surface area contributed by atoms with E-state index in [9.17, 15) is 4.39 Å². The van der Waals surface area contributed by atoms with Gasteiger partial charge >= 0.3 is 0 Å². The number of hydrogen-bond acceptors (Lipinski definition) is 0. The summed E-state index contributed by atoms with van der Waals surface area (Å²) in [7, 11) is 0. The van der Waals surface area contributed by atoms with Crippen molar-refractivity contribution < 1.29 is 4.39 Å². The van der Waals surface area contributed by atoms with Gasteiger partial charge in [-0.15, -0.1) is 0 Å². The van der Waals surface area contributed by atoms with Gasteiger partial charge in [0.25, 0.3) is 0 Å². The SMILES string of the molecule is CCCC1CCC(/C=C/Cc2ccc(F)cc2)CC1. The largest absolute Gasteiger partial charge is 0.207 e. The molecule has 0 spiro atoms.